The third kappa shape index (κ3) is 3.81. The minimum atomic E-state index is -4.23. The highest BCUT2D eigenvalue weighted by Gasteiger charge is 2.28. The van der Waals surface area contributed by atoms with Crippen molar-refractivity contribution < 1.29 is 13.2 Å². The number of rotatable bonds is 3. The van der Waals surface area contributed by atoms with Gasteiger partial charge in [-0.05, 0) is 6.42 Å². The molecule has 0 spiro atoms. The molecule has 2 N–H and O–H groups in total. The first-order valence-corrected chi connectivity index (χ1v) is 5.18. The van der Waals surface area contributed by atoms with Gasteiger partial charge in [0.25, 0.3) is 0 Å². The molecule has 1 aromatic heterocycles. The Morgan fingerprint density at radius 3 is 2.19 bits per heavy atom. The summed E-state index contributed by atoms with van der Waals surface area (Å²) in [6.45, 7) is 0. The van der Waals surface area contributed by atoms with Crippen molar-refractivity contribution in [2.75, 3.05) is 0 Å². The van der Waals surface area contributed by atoms with Gasteiger partial charge in [-0.3, -0.25) is 4.98 Å². The summed E-state index contributed by atoms with van der Waals surface area (Å²) in [7, 11) is 0. The van der Waals surface area contributed by atoms with Gasteiger partial charge in [-0.15, -0.1) is 0 Å². The molecule has 0 radical (unpaired) electrons. The van der Waals surface area contributed by atoms with Gasteiger partial charge in [0.15, 0.2) is 0 Å². The van der Waals surface area contributed by atoms with Crippen molar-refractivity contribution in [3.05, 3.63) is 28.0 Å². The molecule has 2 nitrogen and oxygen atoms in total. The topological polar surface area (TPSA) is 38.9 Å². The average Bonchev–Trinajstić information content (AvgIpc) is 2.13. The highest BCUT2D eigenvalue weighted by atomic mass is 35.5. The van der Waals surface area contributed by atoms with Crippen LogP contribution in [0.1, 0.15) is 24.4 Å². The van der Waals surface area contributed by atoms with Crippen LogP contribution in [0.4, 0.5) is 13.2 Å². The Balaban J connectivity index is 2.77. The van der Waals surface area contributed by atoms with E-state index in [0.717, 1.165) is 0 Å². The van der Waals surface area contributed by atoms with E-state index in [1.807, 2.05) is 0 Å². The van der Waals surface area contributed by atoms with E-state index in [1.54, 1.807) is 0 Å². The first-order valence-electron chi connectivity index (χ1n) is 4.42. The predicted molar refractivity (Wildman–Crippen MR) is 56.5 cm³/mol. The third-order valence-corrected chi connectivity index (χ3v) is 2.60. The van der Waals surface area contributed by atoms with E-state index in [-0.39, 0.29) is 16.5 Å². The number of aromatic nitrogens is 1. The highest BCUT2D eigenvalue weighted by Crippen LogP contribution is 2.32. The van der Waals surface area contributed by atoms with Gasteiger partial charge in [0.05, 0.1) is 10.0 Å². The van der Waals surface area contributed by atoms with Crippen molar-refractivity contribution in [3.63, 3.8) is 0 Å². The first kappa shape index (κ1) is 13.5. The molecule has 0 saturated carbocycles. The maximum absolute atomic E-state index is 12.0. The molecule has 0 bridgehead atoms. The zero-order valence-electron chi connectivity index (χ0n) is 8.06. The van der Waals surface area contributed by atoms with Gasteiger partial charge < -0.3 is 5.73 Å². The fourth-order valence-electron chi connectivity index (χ4n) is 1.24. The molecule has 7 heteroatoms. The van der Waals surface area contributed by atoms with Gasteiger partial charge in [0.2, 0.25) is 0 Å². The summed E-state index contributed by atoms with van der Waals surface area (Å²) in [4.78, 5) is 3.69. The van der Waals surface area contributed by atoms with Crippen LogP contribution in [0.3, 0.4) is 0 Å². The van der Waals surface area contributed by atoms with Crippen LogP contribution in [0.5, 0.6) is 0 Å². The Morgan fingerprint density at radius 1 is 1.25 bits per heavy atom. The first-order chi connectivity index (χ1) is 7.31. The summed E-state index contributed by atoms with van der Waals surface area (Å²) >= 11 is 11.5. The molecule has 1 rings (SSSR count). The minimum absolute atomic E-state index is 0.183. The molecule has 0 aliphatic carbocycles. The minimum Gasteiger partial charge on any atom is -0.324 e. The second-order valence-electron chi connectivity index (χ2n) is 3.28. The fourth-order valence-corrected chi connectivity index (χ4v) is 1.88. The Labute approximate surface area is 101 Å². The number of hydrogen-bond acceptors (Lipinski definition) is 2. The fraction of sp³-hybridized carbons (Fsp3) is 0.444. The average molecular weight is 273 g/mol. The molecule has 0 fully saturated rings. The molecule has 0 aliphatic heterocycles. The van der Waals surface area contributed by atoms with Crippen LogP contribution in [0.25, 0.3) is 0 Å². The van der Waals surface area contributed by atoms with Gasteiger partial charge >= 0.3 is 6.18 Å². The van der Waals surface area contributed by atoms with Crippen LogP contribution in [0, 0.1) is 0 Å². The zero-order valence-corrected chi connectivity index (χ0v) is 9.57. The lowest BCUT2D eigenvalue weighted by atomic mass is 10.0. The van der Waals surface area contributed by atoms with Gasteiger partial charge in [0, 0.05) is 30.4 Å². The number of hydrogen-bond donors (Lipinski definition) is 1. The normalized spacial score (nSPS) is 13.9. The van der Waals surface area contributed by atoms with E-state index in [1.165, 1.54) is 12.4 Å². The van der Waals surface area contributed by atoms with Crippen LogP contribution in [0.2, 0.25) is 10.0 Å². The third-order valence-electron chi connectivity index (χ3n) is 2.00. The quantitative estimate of drug-likeness (QED) is 0.911. The Kier molecular flexibility index (Phi) is 4.41. The molecule has 0 amide bonds. The number of halogens is 5. The summed E-state index contributed by atoms with van der Waals surface area (Å²) in [5.41, 5.74) is 5.92. The Morgan fingerprint density at radius 2 is 1.75 bits per heavy atom. The van der Waals surface area contributed by atoms with Crippen molar-refractivity contribution in [2.24, 2.45) is 5.73 Å². The van der Waals surface area contributed by atoms with Crippen LogP contribution >= 0.6 is 23.2 Å². The van der Waals surface area contributed by atoms with Crippen LogP contribution in [-0.4, -0.2) is 11.2 Å². The lowest BCUT2D eigenvalue weighted by molar-refractivity contribution is -0.136. The van der Waals surface area contributed by atoms with Gasteiger partial charge in [-0.1, -0.05) is 23.2 Å². The van der Waals surface area contributed by atoms with E-state index in [0.29, 0.717) is 5.56 Å². The molecule has 1 heterocycles. The van der Waals surface area contributed by atoms with E-state index in [2.05, 4.69) is 4.98 Å². The number of pyridine rings is 1. The summed E-state index contributed by atoms with van der Waals surface area (Å²) in [6.07, 6.45) is -2.86. The van der Waals surface area contributed by atoms with Crippen molar-refractivity contribution in [1.82, 2.24) is 4.98 Å². The van der Waals surface area contributed by atoms with Crippen LogP contribution in [-0.2, 0) is 0 Å². The van der Waals surface area contributed by atoms with Gasteiger partial charge in [-0.25, -0.2) is 0 Å². The molecule has 0 saturated heterocycles. The highest BCUT2D eigenvalue weighted by molar-refractivity contribution is 6.35. The molecule has 1 atom stereocenters. The number of nitrogens with two attached hydrogens (primary N) is 1. The SMILES string of the molecule is N[C@H](CCC(F)(F)F)c1c(Cl)cncc1Cl. The van der Waals surface area contributed by atoms with Crippen molar-refractivity contribution in [1.29, 1.82) is 0 Å². The lowest BCUT2D eigenvalue weighted by Crippen LogP contribution is -2.16. The standard InChI is InChI=1S/C9H9Cl2F3N2/c10-5-3-16-4-6(11)8(5)7(15)1-2-9(12,13)14/h3-4,7H,1-2,15H2/t7-/m1/s1. The van der Waals surface area contributed by atoms with Gasteiger partial charge in [0.1, 0.15) is 0 Å². The second kappa shape index (κ2) is 5.21. The largest absolute Gasteiger partial charge is 0.389 e. The monoisotopic (exact) mass is 272 g/mol. The zero-order chi connectivity index (χ0) is 12.3. The van der Waals surface area contributed by atoms with E-state index >= 15 is 0 Å². The second-order valence-corrected chi connectivity index (χ2v) is 4.09. The van der Waals surface area contributed by atoms with Crippen molar-refractivity contribution >= 4 is 23.2 Å². The Bertz CT molecular complexity index is 348. The molecular formula is C9H9Cl2F3N2. The number of nitrogens with zero attached hydrogens (tertiary/aromatic N) is 1. The molecule has 0 unspecified atom stereocenters. The van der Waals surface area contributed by atoms with E-state index in [9.17, 15) is 13.2 Å². The summed E-state index contributed by atoms with van der Waals surface area (Å²) in [5.74, 6) is 0. The Hall–Kier alpha value is -0.520. The molecule has 0 aliphatic rings. The van der Waals surface area contributed by atoms with E-state index < -0.39 is 18.6 Å². The summed E-state index contributed by atoms with van der Waals surface area (Å²) in [5, 5.41) is 0.365. The summed E-state index contributed by atoms with van der Waals surface area (Å²) < 4.78 is 36.0. The van der Waals surface area contributed by atoms with Crippen LogP contribution in [0.15, 0.2) is 12.4 Å². The van der Waals surface area contributed by atoms with Crippen LogP contribution < -0.4 is 5.73 Å². The van der Waals surface area contributed by atoms with Crippen molar-refractivity contribution in [3.8, 4) is 0 Å². The predicted octanol–water partition coefficient (Wildman–Crippen LogP) is 3.73. The van der Waals surface area contributed by atoms with Gasteiger partial charge in [-0.2, -0.15) is 13.2 Å². The smallest absolute Gasteiger partial charge is 0.324 e. The molecule has 0 aromatic carbocycles. The van der Waals surface area contributed by atoms with Crippen molar-refractivity contribution in [2.45, 2.75) is 25.1 Å². The maximum atomic E-state index is 12.0. The molecule has 90 valence electrons. The molecular weight excluding hydrogens is 264 g/mol. The lowest BCUT2D eigenvalue weighted by Gasteiger charge is -2.15. The maximum Gasteiger partial charge on any atom is 0.389 e. The van der Waals surface area contributed by atoms with E-state index in [4.69, 9.17) is 28.9 Å². The number of alkyl halides is 3. The molecule has 16 heavy (non-hydrogen) atoms. The summed E-state index contributed by atoms with van der Waals surface area (Å²) in [6, 6.07) is -0.843. The molecule has 1 aromatic rings.